The molecule has 80 valence electrons. The molecule has 15 heavy (non-hydrogen) atoms. The molecule has 0 bridgehead atoms. The molecule has 0 aliphatic carbocycles. The number of nitrogens with one attached hydrogen (secondary N) is 2. The summed E-state index contributed by atoms with van der Waals surface area (Å²) in [6.07, 6.45) is 0. The lowest BCUT2D eigenvalue weighted by Gasteiger charge is -2.05. The smallest absolute Gasteiger partial charge is 0.252 e. The number of hydrogen-bond acceptors (Lipinski definition) is 2. The topological polar surface area (TPSA) is 58.2 Å². The minimum Gasteiger partial charge on any atom is -0.355 e. The largest absolute Gasteiger partial charge is 0.355 e. The maximum atomic E-state index is 11.4. The van der Waals surface area contributed by atoms with E-state index in [1.54, 1.807) is 6.07 Å². The third-order valence-corrected chi connectivity index (χ3v) is 2.26. The van der Waals surface area contributed by atoms with Crippen LogP contribution in [0.4, 0.5) is 0 Å². The summed E-state index contributed by atoms with van der Waals surface area (Å²) in [5.41, 5.74) is 0.695. The van der Waals surface area contributed by atoms with Gasteiger partial charge in [-0.2, -0.15) is 0 Å². The van der Waals surface area contributed by atoms with Gasteiger partial charge >= 0.3 is 0 Å². The van der Waals surface area contributed by atoms with E-state index >= 15 is 0 Å². The Morgan fingerprint density at radius 2 is 1.73 bits per heavy atom. The van der Waals surface area contributed by atoms with E-state index in [1.165, 1.54) is 26.2 Å². The van der Waals surface area contributed by atoms with Crippen LogP contribution in [-0.4, -0.2) is 25.9 Å². The molecule has 0 heterocycles. The van der Waals surface area contributed by atoms with Crippen LogP contribution in [0.25, 0.3) is 0 Å². The van der Waals surface area contributed by atoms with Crippen molar-refractivity contribution in [1.29, 1.82) is 0 Å². The van der Waals surface area contributed by atoms with Gasteiger partial charge < -0.3 is 10.6 Å². The van der Waals surface area contributed by atoms with Gasteiger partial charge in [0.15, 0.2) is 0 Å². The van der Waals surface area contributed by atoms with E-state index < -0.39 is 0 Å². The van der Waals surface area contributed by atoms with Crippen molar-refractivity contribution < 1.29 is 9.59 Å². The number of carbonyl (C=O) groups is 2. The van der Waals surface area contributed by atoms with Crippen molar-refractivity contribution >= 4 is 23.4 Å². The number of halogens is 1. The fraction of sp³-hybridized carbons (Fsp3) is 0.200. The second kappa shape index (κ2) is 4.79. The number of rotatable bonds is 2. The summed E-state index contributed by atoms with van der Waals surface area (Å²) in [5.74, 6) is -0.567. The number of amides is 2. The van der Waals surface area contributed by atoms with Gasteiger partial charge in [0.2, 0.25) is 0 Å². The average molecular weight is 227 g/mol. The number of hydrogen-bond donors (Lipinski definition) is 2. The summed E-state index contributed by atoms with van der Waals surface area (Å²) in [6.45, 7) is 0. The van der Waals surface area contributed by atoms with Crippen molar-refractivity contribution in [3.63, 3.8) is 0 Å². The Hall–Kier alpha value is -1.55. The molecule has 0 spiro atoms. The van der Waals surface area contributed by atoms with Crippen LogP contribution in [0.1, 0.15) is 20.7 Å². The quantitative estimate of drug-likeness (QED) is 0.792. The summed E-state index contributed by atoms with van der Waals surface area (Å²) in [7, 11) is 3.03. The Kier molecular flexibility index (Phi) is 3.68. The Morgan fingerprint density at radius 3 is 2.27 bits per heavy atom. The lowest BCUT2D eigenvalue weighted by molar-refractivity contribution is 0.0962. The van der Waals surface area contributed by atoms with Gasteiger partial charge in [0.1, 0.15) is 0 Å². The van der Waals surface area contributed by atoms with Gasteiger partial charge in [0.25, 0.3) is 11.8 Å². The van der Waals surface area contributed by atoms with E-state index in [0.717, 1.165) is 0 Å². The molecule has 0 aliphatic rings. The van der Waals surface area contributed by atoms with Crippen LogP contribution >= 0.6 is 11.6 Å². The molecular formula is C10H11ClN2O2. The van der Waals surface area contributed by atoms with Gasteiger partial charge in [0.05, 0.1) is 10.6 Å². The van der Waals surface area contributed by atoms with E-state index in [2.05, 4.69) is 10.6 Å². The maximum Gasteiger partial charge on any atom is 0.252 e. The third-order valence-electron chi connectivity index (χ3n) is 1.93. The predicted molar refractivity (Wildman–Crippen MR) is 58.2 cm³/mol. The van der Waals surface area contributed by atoms with Crippen molar-refractivity contribution in [3.8, 4) is 0 Å². The molecule has 1 rings (SSSR count). The molecule has 2 amide bonds. The first kappa shape index (κ1) is 11.5. The van der Waals surface area contributed by atoms with Gasteiger partial charge in [-0.05, 0) is 18.2 Å². The van der Waals surface area contributed by atoms with Crippen LogP contribution in [0.3, 0.4) is 0 Å². The van der Waals surface area contributed by atoms with Gasteiger partial charge in [-0.15, -0.1) is 0 Å². The molecule has 2 N–H and O–H groups in total. The molecular weight excluding hydrogens is 216 g/mol. The molecule has 0 fully saturated rings. The van der Waals surface area contributed by atoms with Crippen LogP contribution in [0.2, 0.25) is 5.02 Å². The first-order valence-electron chi connectivity index (χ1n) is 4.34. The highest BCUT2D eigenvalue weighted by molar-refractivity contribution is 6.34. The van der Waals surface area contributed by atoms with Crippen LogP contribution in [-0.2, 0) is 0 Å². The van der Waals surface area contributed by atoms with Crippen LogP contribution in [0.15, 0.2) is 18.2 Å². The van der Waals surface area contributed by atoms with Crippen molar-refractivity contribution in [2.75, 3.05) is 14.1 Å². The SMILES string of the molecule is CNC(=O)c1ccc(Cl)c(C(=O)NC)c1. The van der Waals surface area contributed by atoms with Crippen molar-refractivity contribution in [2.24, 2.45) is 0 Å². The van der Waals surface area contributed by atoms with E-state index in [-0.39, 0.29) is 11.8 Å². The third kappa shape index (κ3) is 2.47. The van der Waals surface area contributed by atoms with Gasteiger partial charge in [0, 0.05) is 19.7 Å². The number of benzene rings is 1. The summed E-state index contributed by atoms with van der Waals surface area (Å²) in [4.78, 5) is 22.7. The van der Waals surface area contributed by atoms with Crippen LogP contribution in [0, 0.1) is 0 Å². The zero-order valence-electron chi connectivity index (χ0n) is 8.43. The molecule has 0 aliphatic heterocycles. The minimum atomic E-state index is -0.314. The van der Waals surface area contributed by atoms with Gasteiger partial charge in [-0.3, -0.25) is 9.59 Å². The van der Waals surface area contributed by atoms with Crippen LogP contribution < -0.4 is 10.6 Å². The molecule has 1 aromatic carbocycles. The molecule has 0 radical (unpaired) electrons. The fourth-order valence-corrected chi connectivity index (χ4v) is 1.32. The molecule has 0 aromatic heterocycles. The van der Waals surface area contributed by atoms with E-state index in [9.17, 15) is 9.59 Å². The predicted octanol–water partition coefficient (Wildman–Crippen LogP) is 1.06. The summed E-state index contributed by atoms with van der Waals surface area (Å²) < 4.78 is 0. The fourth-order valence-electron chi connectivity index (χ4n) is 1.12. The van der Waals surface area contributed by atoms with Gasteiger partial charge in [-0.25, -0.2) is 0 Å². The second-order valence-electron chi connectivity index (χ2n) is 2.85. The maximum absolute atomic E-state index is 11.4. The van der Waals surface area contributed by atoms with Crippen molar-refractivity contribution in [2.45, 2.75) is 0 Å². The monoisotopic (exact) mass is 226 g/mol. The molecule has 0 saturated heterocycles. The highest BCUT2D eigenvalue weighted by atomic mass is 35.5. The number of carbonyl (C=O) groups excluding carboxylic acids is 2. The Morgan fingerprint density at radius 1 is 1.13 bits per heavy atom. The standard InChI is InChI=1S/C10H11ClN2O2/c1-12-9(14)6-3-4-8(11)7(5-6)10(15)13-2/h3-5H,1-2H3,(H,12,14)(H,13,15). The molecule has 5 heteroatoms. The lowest BCUT2D eigenvalue weighted by atomic mass is 10.1. The molecule has 0 saturated carbocycles. The first-order valence-corrected chi connectivity index (χ1v) is 4.71. The average Bonchev–Trinajstić information content (AvgIpc) is 2.27. The first-order chi connectivity index (χ1) is 7.10. The van der Waals surface area contributed by atoms with Gasteiger partial charge in [-0.1, -0.05) is 11.6 Å². The molecule has 0 atom stereocenters. The Labute approximate surface area is 92.6 Å². The van der Waals surface area contributed by atoms with Crippen molar-refractivity contribution in [3.05, 3.63) is 34.3 Å². The highest BCUT2D eigenvalue weighted by Crippen LogP contribution is 2.17. The van der Waals surface area contributed by atoms with E-state index in [1.807, 2.05) is 0 Å². The zero-order chi connectivity index (χ0) is 11.4. The molecule has 0 unspecified atom stereocenters. The van der Waals surface area contributed by atoms with Crippen LogP contribution in [0.5, 0.6) is 0 Å². The second-order valence-corrected chi connectivity index (χ2v) is 3.26. The van der Waals surface area contributed by atoms with E-state index in [4.69, 9.17) is 11.6 Å². The zero-order valence-corrected chi connectivity index (χ0v) is 9.18. The van der Waals surface area contributed by atoms with E-state index in [0.29, 0.717) is 16.1 Å². The summed E-state index contributed by atoms with van der Waals surface area (Å²) in [5, 5.41) is 5.24. The lowest BCUT2D eigenvalue weighted by Crippen LogP contribution is -2.21. The highest BCUT2D eigenvalue weighted by Gasteiger charge is 2.12. The van der Waals surface area contributed by atoms with Crippen molar-refractivity contribution in [1.82, 2.24) is 10.6 Å². The Bertz CT molecular complexity index is 404. The summed E-state index contributed by atoms with van der Waals surface area (Å²) in [6, 6.07) is 4.55. The normalized spacial score (nSPS) is 9.53. The molecule has 4 nitrogen and oxygen atoms in total. The Balaban J connectivity index is 3.16. The summed E-state index contributed by atoms with van der Waals surface area (Å²) >= 11 is 5.83. The molecule has 1 aromatic rings. The minimum absolute atomic E-state index is 0.253.